The molecule has 16 heteroatoms. The highest BCUT2D eigenvalue weighted by molar-refractivity contribution is 9.09. The first kappa shape index (κ1) is 74.6. The van der Waals surface area contributed by atoms with Gasteiger partial charge in [0.15, 0.2) is 11.6 Å². The molecule has 3 aromatic heterocycles. The molecule has 0 radical (unpaired) electrons. The van der Waals surface area contributed by atoms with Gasteiger partial charge < -0.3 is 15.3 Å². The predicted molar refractivity (Wildman–Crippen MR) is 370 cm³/mol. The van der Waals surface area contributed by atoms with Crippen molar-refractivity contribution in [3.8, 4) is 0 Å². The van der Waals surface area contributed by atoms with Gasteiger partial charge in [0.1, 0.15) is 18.9 Å². The minimum Gasteiger partial charge on any atom is -0.390 e. The average Bonchev–Trinajstić information content (AvgIpc) is 1.37. The lowest BCUT2D eigenvalue weighted by Crippen LogP contribution is -2.55. The van der Waals surface area contributed by atoms with Gasteiger partial charge >= 0.3 is 0 Å². The summed E-state index contributed by atoms with van der Waals surface area (Å²) in [5.74, 6) is 10.6. The van der Waals surface area contributed by atoms with Gasteiger partial charge in [0.25, 0.3) is 0 Å². The molecule has 92 heavy (non-hydrogen) atoms. The molecule has 0 aromatic carbocycles. The molecule has 0 saturated heterocycles. The van der Waals surface area contributed by atoms with Gasteiger partial charge in [-0.25, -0.2) is 4.68 Å². The van der Waals surface area contributed by atoms with Crippen molar-refractivity contribution >= 4 is 33.3 Å². The SMILES string of the molecule is C.C.C.C.C[C@@]1(O)CC[C@@]2(C)[C@H](CC[C@@H]3[C@@H]2CC[C@]2(C)[C@@H](C(=O)CBr)CC[C@@H]32)C1.C[C@@]1(O)CC[C@@]2(C)[C@H](CC[C@@H]3[C@@H]2CC[C@]2(C)[C@@H](C(=O)Cn4ccnn4)CC[C@@H]32)C1.C[C@@]1(O)CC[C@@]2(C)[C@H](CC[C@@H]3[C@@H]2CC[C@]2(C)[C@@H](C(=O)Cn4nccn4)CC[C@@H]32)C1.c1cn[nH]n1. The molecule has 12 aliphatic carbocycles. The Labute approximate surface area is 564 Å². The Morgan fingerprint density at radius 1 is 0.424 bits per heavy atom. The number of hydrogen-bond acceptors (Lipinski definition) is 12. The highest BCUT2D eigenvalue weighted by Gasteiger charge is 2.65. The van der Waals surface area contributed by atoms with Crippen molar-refractivity contribution in [2.45, 2.75) is 295 Å². The number of alkyl halides is 1. The van der Waals surface area contributed by atoms with E-state index in [4.69, 9.17) is 0 Å². The molecule has 0 aliphatic heterocycles. The van der Waals surface area contributed by atoms with Crippen LogP contribution < -0.4 is 0 Å². The number of aromatic amines is 1. The van der Waals surface area contributed by atoms with Crippen molar-refractivity contribution in [2.75, 3.05) is 5.33 Å². The van der Waals surface area contributed by atoms with Crippen LogP contribution in [0.15, 0.2) is 37.2 Å². The second kappa shape index (κ2) is 28.0. The first-order chi connectivity index (χ1) is 41.7. The third kappa shape index (κ3) is 13.5. The molecular weight excluding hydrogens is 1210 g/mol. The normalized spacial score (nSPS) is 46.4. The van der Waals surface area contributed by atoms with Gasteiger partial charge in [-0.05, 0) is 298 Å². The maximum atomic E-state index is 13.2. The van der Waals surface area contributed by atoms with Crippen LogP contribution in [0.1, 0.15) is 265 Å². The van der Waals surface area contributed by atoms with Crippen molar-refractivity contribution in [2.24, 2.45) is 121 Å². The number of halogens is 1. The van der Waals surface area contributed by atoms with E-state index in [1.165, 1.54) is 116 Å². The second-order valence-electron chi connectivity index (χ2n) is 34.4. The first-order valence-electron chi connectivity index (χ1n) is 35.5. The summed E-state index contributed by atoms with van der Waals surface area (Å²) in [6, 6.07) is 0. The minimum absolute atomic E-state index is 0. The number of H-pyrrole nitrogens is 1. The number of aromatic nitrogens is 9. The van der Waals surface area contributed by atoms with Crippen LogP contribution in [0.3, 0.4) is 0 Å². The van der Waals surface area contributed by atoms with Crippen LogP contribution in [0.25, 0.3) is 0 Å². The van der Waals surface area contributed by atoms with Gasteiger partial charge in [0.2, 0.25) is 0 Å². The van der Waals surface area contributed by atoms with E-state index in [-0.39, 0.29) is 63.7 Å². The molecular formula is C76H128BrN9O6. The van der Waals surface area contributed by atoms with Gasteiger partial charge in [0.05, 0.1) is 53.1 Å². The highest BCUT2D eigenvalue weighted by Crippen LogP contribution is 2.72. The summed E-state index contributed by atoms with van der Waals surface area (Å²) in [5, 5.41) is 58.0. The first-order valence-corrected chi connectivity index (χ1v) is 36.6. The van der Waals surface area contributed by atoms with E-state index in [1.807, 2.05) is 20.8 Å². The van der Waals surface area contributed by atoms with Crippen LogP contribution in [-0.2, 0) is 27.5 Å². The molecule has 0 unspecified atom stereocenters. The van der Waals surface area contributed by atoms with Crippen molar-refractivity contribution < 1.29 is 29.7 Å². The fraction of sp³-hybridized carbons (Fsp3) is 0.882. The maximum Gasteiger partial charge on any atom is 0.159 e. The summed E-state index contributed by atoms with van der Waals surface area (Å²) in [6.07, 6.45) is 41.3. The Morgan fingerprint density at radius 2 is 0.772 bits per heavy atom. The third-order valence-electron chi connectivity index (χ3n) is 30.0. The average molecular weight is 1340 g/mol. The number of nitrogens with one attached hydrogen (secondary N) is 1. The number of ketones is 3. The fourth-order valence-electron chi connectivity index (χ4n) is 25.3. The number of hydrogen-bond donors (Lipinski definition) is 4. The summed E-state index contributed by atoms with van der Waals surface area (Å²) in [4.78, 5) is 40.4. The Hall–Kier alpha value is -3.21. The quantitative estimate of drug-likeness (QED) is 0.155. The molecule has 3 heterocycles. The molecule has 12 aliphatic rings. The molecule has 12 saturated carbocycles. The molecule has 0 amide bonds. The van der Waals surface area contributed by atoms with E-state index in [1.54, 1.807) is 46.7 Å². The van der Waals surface area contributed by atoms with Gasteiger partial charge in [0, 0.05) is 24.0 Å². The van der Waals surface area contributed by atoms with Gasteiger partial charge in [-0.15, -0.1) is 5.10 Å². The topological polar surface area (TPSA) is 215 Å². The second-order valence-corrected chi connectivity index (χ2v) is 35.0. The molecule has 520 valence electrons. The van der Waals surface area contributed by atoms with Crippen LogP contribution in [0.2, 0.25) is 0 Å². The molecule has 0 spiro atoms. The van der Waals surface area contributed by atoms with Gasteiger partial charge in [-0.1, -0.05) is 92.4 Å². The lowest BCUT2D eigenvalue weighted by atomic mass is 9.44. The number of Topliss-reactive ketones (excluding diaryl/α,β-unsaturated/α-hetero) is 3. The van der Waals surface area contributed by atoms with Crippen molar-refractivity contribution in [1.29, 1.82) is 0 Å². The van der Waals surface area contributed by atoms with Crippen molar-refractivity contribution in [1.82, 2.24) is 45.4 Å². The summed E-state index contributed by atoms with van der Waals surface area (Å²) >= 11 is 3.43. The Balaban J connectivity index is 0.000000168. The molecule has 12 fully saturated rings. The third-order valence-corrected chi connectivity index (χ3v) is 30.6. The smallest absolute Gasteiger partial charge is 0.159 e. The lowest BCUT2D eigenvalue weighted by Gasteiger charge is -2.61. The van der Waals surface area contributed by atoms with Gasteiger partial charge in [-0.2, -0.15) is 30.4 Å². The maximum absolute atomic E-state index is 13.2. The lowest BCUT2D eigenvalue weighted by molar-refractivity contribution is -0.151. The Kier molecular flexibility index (Phi) is 22.7. The predicted octanol–water partition coefficient (Wildman–Crippen LogP) is 16.2. The zero-order chi connectivity index (χ0) is 62.5. The largest absolute Gasteiger partial charge is 0.390 e. The van der Waals surface area contributed by atoms with Crippen LogP contribution in [-0.4, -0.2) is 100 Å². The van der Waals surface area contributed by atoms with Crippen LogP contribution in [0.5, 0.6) is 0 Å². The highest BCUT2D eigenvalue weighted by atomic mass is 79.9. The summed E-state index contributed by atoms with van der Waals surface area (Å²) < 4.78 is 1.69. The minimum atomic E-state index is -0.467. The van der Waals surface area contributed by atoms with Crippen molar-refractivity contribution in [3.63, 3.8) is 0 Å². The standard InChI is InChI=1S/2C24H37N3O2.C22H35BrO2.C2H3N3.4CH4/c1-22(29)10-11-23(2)16(14-22)4-5-17-18-6-7-20(24(18,3)9-8-19(17)23)21(28)15-27-13-12-25-26-27;1-22(29)10-11-23(2)16(14-22)4-5-17-18-6-7-20(24(18,3)9-8-19(17)23)21(28)15-27-25-12-13-26-27;1-20(25)10-11-21(2)14(12-20)4-5-15-16-6-7-18(19(24)13-23)22(16,3)9-8-17(15)21;1-2-4-5-3-1;;;;/h2*12-13,16-20,29H,4-11,14-15H2,1-3H3;14-18,25H,4-13H2,1-3H3;1-2H,(H,3,4,5);4*1H4/t2*16-,17+,18+,19+,20-,22-,23+,24+;14-,15+,16+,17+,18-,20-,21+,22+;;;;;/m111...../s1. The number of carbonyl (C=O) groups is 3. The summed E-state index contributed by atoms with van der Waals surface area (Å²) in [7, 11) is 0. The molecule has 24 atom stereocenters. The molecule has 3 aromatic rings. The monoisotopic (exact) mass is 1340 g/mol. The van der Waals surface area contributed by atoms with E-state index in [0.29, 0.717) is 81.6 Å². The molecule has 15 rings (SSSR count). The van der Waals surface area contributed by atoms with E-state index in [0.717, 1.165) is 99.2 Å². The van der Waals surface area contributed by atoms with E-state index < -0.39 is 16.8 Å². The summed E-state index contributed by atoms with van der Waals surface area (Å²) in [6.45, 7) is 21.7. The fourth-order valence-corrected chi connectivity index (χ4v) is 25.7. The molecule has 0 bridgehead atoms. The van der Waals surface area contributed by atoms with Gasteiger partial charge in [-0.3, -0.25) is 14.4 Å². The van der Waals surface area contributed by atoms with Crippen molar-refractivity contribution in [3.05, 3.63) is 37.2 Å². The molecule has 15 nitrogen and oxygen atoms in total. The number of carbonyl (C=O) groups excluding carboxylic acids is 3. The summed E-state index contributed by atoms with van der Waals surface area (Å²) in [5.41, 5.74) is 0.359. The molecule has 4 N–H and O–H groups in total. The van der Waals surface area contributed by atoms with Crippen LogP contribution in [0, 0.1) is 121 Å². The van der Waals surface area contributed by atoms with E-state index >= 15 is 0 Å². The number of nitrogens with zero attached hydrogens (tertiary/aromatic N) is 8. The Morgan fingerprint density at radius 3 is 1.10 bits per heavy atom. The van der Waals surface area contributed by atoms with Crippen LogP contribution in [0.4, 0.5) is 0 Å². The Bertz CT molecular complexity index is 2750. The zero-order valence-electron chi connectivity index (χ0n) is 55.4. The number of rotatable bonds is 8. The van der Waals surface area contributed by atoms with Crippen LogP contribution >= 0.6 is 15.9 Å². The van der Waals surface area contributed by atoms with E-state index in [9.17, 15) is 29.7 Å². The number of fused-ring (bicyclic) bond motifs is 15. The zero-order valence-corrected chi connectivity index (χ0v) is 56.9. The number of aliphatic hydroxyl groups is 3. The van der Waals surface area contributed by atoms with E-state index in [2.05, 4.69) is 93.4 Å².